The highest BCUT2D eigenvalue weighted by atomic mass is 16.2. The molecule has 0 saturated heterocycles. The first-order valence-electron chi connectivity index (χ1n) is 5.72. The Hall–Kier alpha value is -1.06. The van der Waals surface area contributed by atoms with Crippen LogP contribution in [-0.2, 0) is 9.59 Å². The zero-order valence-electron chi connectivity index (χ0n) is 9.29. The number of nitrogens with two attached hydrogens (primary N) is 1. The summed E-state index contributed by atoms with van der Waals surface area (Å²) in [6, 6.07) is 0.159. The zero-order chi connectivity index (χ0) is 11.3. The number of rotatable bonds is 5. The Balaban J connectivity index is 2.23. The van der Waals surface area contributed by atoms with Crippen LogP contribution in [0.25, 0.3) is 0 Å². The van der Waals surface area contributed by atoms with Crippen molar-refractivity contribution in [3.63, 3.8) is 0 Å². The molecule has 1 rings (SSSR count). The second kappa shape index (κ2) is 5.73. The van der Waals surface area contributed by atoms with Crippen molar-refractivity contribution >= 4 is 11.8 Å². The molecular weight excluding hydrogens is 192 g/mol. The van der Waals surface area contributed by atoms with Gasteiger partial charge in [0.25, 0.3) is 0 Å². The number of amides is 2. The summed E-state index contributed by atoms with van der Waals surface area (Å²) >= 11 is 0. The Bertz CT molecular complexity index is 241. The molecule has 1 aliphatic carbocycles. The second-order valence-corrected chi connectivity index (χ2v) is 4.28. The van der Waals surface area contributed by atoms with E-state index in [1.165, 1.54) is 0 Å². The minimum atomic E-state index is -0.236. The number of hydrogen-bond donors (Lipinski definition) is 2. The fourth-order valence-electron chi connectivity index (χ4n) is 2.01. The summed E-state index contributed by atoms with van der Waals surface area (Å²) in [5.41, 5.74) is 5.22. The van der Waals surface area contributed by atoms with E-state index >= 15 is 0 Å². The molecule has 2 amide bonds. The summed E-state index contributed by atoms with van der Waals surface area (Å²) in [5.74, 6) is -0.172. The van der Waals surface area contributed by atoms with E-state index in [0.29, 0.717) is 12.8 Å². The summed E-state index contributed by atoms with van der Waals surface area (Å²) in [6.45, 7) is 2.06. The third-order valence-electron chi connectivity index (χ3n) is 2.96. The van der Waals surface area contributed by atoms with Gasteiger partial charge in [0.05, 0.1) is 0 Å². The highest BCUT2D eigenvalue weighted by Crippen LogP contribution is 2.25. The van der Waals surface area contributed by atoms with Crippen molar-refractivity contribution in [2.45, 2.75) is 51.5 Å². The van der Waals surface area contributed by atoms with Gasteiger partial charge in [0, 0.05) is 18.4 Å². The zero-order valence-corrected chi connectivity index (χ0v) is 9.29. The Morgan fingerprint density at radius 3 is 2.67 bits per heavy atom. The van der Waals surface area contributed by atoms with Crippen LogP contribution >= 0.6 is 0 Å². The van der Waals surface area contributed by atoms with Gasteiger partial charge in [0.2, 0.25) is 11.8 Å². The topological polar surface area (TPSA) is 72.2 Å². The van der Waals surface area contributed by atoms with Crippen LogP contribution in [0.3, 0.4) is 0 Å². The third-order valence-corrected chi connectivity index (χ3v) is 2.96. The molecule has 0 aromatic rings. The summed E-state index contributed by atoms with van der Waals surface area (Å²) in [4.78, 5) is 22.3. The monoisotopic (exact) mass is 212 g/mol. The maximum absolute atomic E-state index is 11.4. The van der Waals surface area contributed by atoms with Gasteiger partial charge in [-0.2, -0.15) is 0 Å². The molecule has 0 heterocycles. The van der Waals surface area contributed by atoms with Crippen molar-refractivity contribution in [3.05, 3.63) is 0 Å². The van der Waals surface area contributed by atoms with Crippen LogP contribution in [0.15, 0.2) is 0 Å². The van der Waals surface area contributed by atoms with Crippen LogP contribution in [0.5, 0.6) is 0 Å². The van der Waals surface area contributed by atoms with Crippen molar-refractivity contribution in [2.75, 3.05) is 0 Å². The number of hydrogen-bond acceptors (Lipinski definition) is 2. The number of primary amides is 1. The van der Waals surface area contributed by atoms with E-state index in [-0.39, 0.29) is 23.8 Å². The number of carbonyl (C=O) groups excluding carboxylic acids is 2. The van der Waals surface area contributed by atoms with Gasteiger partial charge in [-0.3, -0.25) is 9.59 Å². The maximum atomic E-state index is 11.4. The molecule has 0 aliphatic heterocycles. The SMILES string of the molecule is CCCCC(=O)N[C@@H]1CC[C@H](C(N)=O)C1. The van der Waals surface area contributed by atoms with Crippen LogP contribution in [0.2, 0.25) is 0 Å². The minimum Gasteiger partial charge on any atom is -0.369 e. The van der Waals surface area contributed by atoms with Crippen molar-refractivity contribution in [2.24, 2.45) is 11.7 Å². The van der Waals surface area contributed by atoms with Crippen molar-refractivity contribution in [3.8, 4) is 0 Å². The fourth-order valence-corrected chi connectivity index (χ4v) is 2.01. The van der Waals surface area contributed by atoms with E-state index in [1.54, 1.807) is 0 Å². The Kier molecular flexibility index (Phi) is 4.59. The molecule has 15 heavy (non-hydrogen) atoms. The maximum Gasteiger partial charge on any atom is 0.220 e. The van der Waals surface area contributed by atoms with E-state index in [0.717, 1.165) is 25.7 Å². The van der Waals surface area contributed by atoms with Gasteiger partial charge in [-0.15, -0.1) is 0 Å². The molecule has 0 bridgehead atoms. The quantitative estimate of drug-likeness (QED) is 0.712. The molecule has 0 aromatic heterocycles. The smallest absolute Gasteiger partial charge is 0.220 e. The predicted octanol–water partition coefficient (Wildman–Crippen LogP) is 0.947. The molecule has 86 valence electrons. The normalized spacial score (nSPS) is 25.1. The van der Waals surface area contributed by atoms with E-state index < -0.39 is 0 Å². The summed E-state index contributed by atoms with van der Waals surface area (Å²) in [6.07, 6.45) is 4.96. The van der Waals surface area contributed by atoms with E-state index in [1.807, 2.05) is 0 Å². The van der Waals surface area contributed by atoms with Gasteiger partial charge < -0.3 is 11.1 Å². The van der Waals surface area contributed by atoms with Gasteiger partial charge in [-0.25, -0.2) is 0 Å². The van der Waals surface area contributed by atoms with E-state index in [9.17, 15) is 9.59 Å². The number of unbranched alkanes of at least 4 members (excludes halogenated alkanes) is 1. The van der Waals surface area contributed by atoms with Gasteiger partial charge in [0.15, 0.2) is 0 Å². The van der Waals surface area contributed by atoms with Crippen LogP contribution in [0.4, 0.5) is 0 Å². The van der Waals surface area contributed by atoms with Crippen LogP contribution < -0.4 is 11.1 Å². The first-order valence-corrected chi connectivity index (χ1v) is 5.72. The second-order valence-electron chi connectivity index (χ2n) is 4.28. The largest absolute Gasteiger partial charge is 0.369 e. The van der Waals surface area contributed by atoms with E-state index in [4.69, 9.17) is 5.73 Å². The van der Waals surface area contributed by atoms with Gasteiger partial charge in [0.1, 0.15) is 0 Å². The van der Waals surface area contributed by atoms with Crippen LogP contribution in [0, 0.1) is 5.92 Å². The first kappa shape index (κ1) is 12.0. The van der Waals surface area contributed by atoms with Gasteiger partial charge >= 0.3 is 0 Å². The molecule has 4 heteroatoms. The summed E-state index contributed by atoms with van der Waals surface area (Å²) < 4.78 is 0. The standard InChI is InChI=1S/C11H20N2O2/c1-2-3-4-10(14)13-9-6-5-8(7-9)11(12)15/h8-9H,2-7H2,1H3,(H2,12,15)(H,13,14)/t8-,9+/m0/s1. The Morgan fingerprint density at radius 1 is 1.40 bits per heavy atom. The highest BCUT2D eigenvalue weighted by molar-refractivity contribution is 5.78. The molecule has 3 N–H and O–H groups in total. The lowest BCUT2D eigenvalue weighted by atomic mass is 10.1. The fraction of sp³-hybridized carbons (Fsp3) is 0.818. The van der Waals surface area contributed by atoms with Crippen molar-refractivity contribution < 1.29 is 9.59 Å². The average Bonchev–Trinajstić information content (AvgIpc) is 2.63. The molecule has 1 aliphatic rings. The molecule has 1 saturated carbocycles. The lowest BCUT2D eigenvalue weighted by Gasteiger charge is -2.12. The molecule has 2 atom stereocenters. The molecule has 0 radical (unpaired) electrons. The lowest BCUT2D eigenvalue weighted by Crippen LogP contribution is -2.33. The van der Waals surface area contributed by atoms with Crippen molar-refractivity contribution in [1.29, 1.82) is 0 Å². The van der Waals surface area contributed by atoms with Crippen LogP contribution in [0.1, 0.15) is 45.4 Å². The summed E-state index contributed by atoms with van der Waals surface area (Å²) in [5, 5.41) is 2.95. The molecule has 0 aromatic carbocycles. The molecule has 0 unspecified atom stereocenters. The highest BCUT2D eigenvalue weighted by Gasteiger charge is 2.28. The Morgan fingerprint density at radius 2 is 2.13 bits per heavy atom. The number of nitrogens with one attached hydrogen (secondary N) is 1. The van der Waals surface area contributed by atoms with E-state index in [2.05, 4.69) is 12.2 Å². The Labute approximate surface area is 90.6 Å². The number of carbonyl (C=O) groups is 2. The lowest BCUT2D eigenvalue weighted by molar-refractivity contribution is -0.123. The third kappa shape index (κ3) is 3.90. The van der Waals surface area contributed by atoms with Gasteiger partial charge in [-0.1, -0.05) is 13.3 Å². The average molecular weight is 212 g/mol. The molecule has 1 fully saturated rings. The summed E-state index contributed by atoms with van der Waals surface area (Å²) in [7, 11) is 0. The van der Waals surface area contributed by atoms with Crippen molar-refractivity contribution in [1.82, 2.24) is 5.32 Å². The molecule has 0 spiro atoms. The first-order chi connectivity index (χ1) is 7.13. The van der Waals surface area contributed by atoms with Gasteiger partial charge in [-0.05, 0) is 25.7 Å². The molecule has 4 nitrogen and oxygen atoms in total. The molecular formula is C11H20N2O2. The van der Waals surface area contributed by atoms with Crippen LogP contribution in [-0.4, -0.2) is 17.9 Å². The minimum absolute atomic E-state index is 0.0403. The predicted molar refractivity (Wildman–Crippen MR) is 58.0 cm³/mol.